The summed E-state index contributed by atoms with van der Waals surface area (Å²) in [5, 5.41) is 16.8. The Hall–Kier alpha value is -1.39. The molecule has 4 heteroatoms. The first kappa shape index (κ1) is 14.2. The highest BCUT2D eigenvalue weighted by molar-refractivity contribution is 6.30. The van der Waals surface area contributed by atoms with Crippen LogP contribution < -0.4 is 0 Å². The second-order valence-corrected chi connectivity index (χ2v) is 6.49. The van der Waals surface area contributed by atoms with Gasteiger partial charge in [-0.05, 0) is 30.5 Å². The molecule has 1 unspecified atom stereocenters. The molecule has 1 N–H and O–H groups in total. The largest absolute Gasteiger partial charge is 0.366 e. The van der Waals surface area contributed by atoms with Gasteiger partial charge in [-0.3, -0.25) is 0 Å². The molecule has 3 nitrogen and oxygen atoms in total. The first-order valence-corrected chi connectivity index (χ1v) is 8.17. The van der Waals surface area contributed by atoms with Gasteiger partial charge in [-0.2, -0.15) is 0 Å². The quantitative estimate of drug-likeness (QED) is 0.874. The third-order valence-electron chi connectivity index (χ3n) is 4.74. The molecule has 2 aliphatic rings. The lowest BCUT2D eigenvalue weighted by Crippen LogP contribution is -2.61. The molecule has 2 aromatic rings. The molecule has 2 heterocycles. The van der Waals surface area contributed by atoms with Gasteiger partial charge in [0.1, 0.15) is 0 Å². The van der Waals surface area contributed by atoms with Crippen LogP contribution in [0.3, 0.4) is 0 Å². The number of halogens is 1. The van der Waals surface area contributed by atoms with Gasteiger partial charge in [-0.25, -0.2) is 10.0 Å². The summed E-state index contributed by atoms with van der Waals surface area (Å²) in [6.45, 7) is 2.73. The zero-order valence-electron chi connectivity index (χ0n) is 12.4. The van der Waals surface area contributed by atoms with Gasteiger partial charge >= 0.3 is 0 Å². The van der Waals surface area contributed by atoms with Gasteiger partial charge in [-0.1, -0.05) is 48.0 Å². The number of benzene rings is 2. The molecule has 0 spiro atoms. The number of hydrazine groups is 1. The summed E-state index contributed by atoms with van der Waals surface area (Å²) in [5.41, 5.74) is 1.93. The molecule has 1 atom stereocenters. The van der Waals surface area contributed by atoms with Crippen molar-refractivity contribution in [3.05, 3.63) is 70.2 Å². The normalized spacial score (nSPS) is 25.5. The number of fused-ring (bicyclic) bond motifs is 2. The second kappa shape index (κ2) is 5.36. The van der Waals surface area contributed by atoms with E-state index in [1.807, 2.05) is 42.5 Å². The molecular formula is C18H19ClN2O. The minimum atomic E-state index is -1.11. The standard InChI is InChI=1S/C18H19ClN2O/c19-16-9-7-15(8-10-16)18(22)17-6-2-1-5-14(17)13-20-11-3-4-12-21(18)20/h1-2,5-10,22H,3-4,11-13H2. The smallest absolute Gasteiger partial charge is 0.184 e. The summed E-state index contributed by atoms with van der Waals surface area (Å²) in [6, 6.07) is 15.7. The number of nitrogens with zero attached hydrogens (tertiary/aromatic N) is 2. The van der Waals surface area contributed by atoms with Crippen molar-refractivity contribution in [1.29, 1.82) is 0 Å². The van der Waals surface area contributed by atoms with Gasteiger partial charge < -0.3 is 5.11 Å². The molecule has 114 valence electrons. The van der Waals surface area contributed by atoms with Gasteiger partial charge in [-0.15, -0.1) is 0 Å². The van der Waals surface area contributed by atoms with Crippen LogP contribution >= 0.6 is 11.6 Å². The molecule has 0 amide bonds. The van der Waals surface area contributed by atoms with Crippen LogP contribution in [0.2, 0.25) is 5.02 Å². The summed E-state index contributed by atoms with van der Waals surface area (Å²) in [5.74, 6) is 0. The van der Waals surface area contributed by atoms with Crippen LogP contribution in [-0.2, 0) is 12.3 Å². The Morgan fingerprint density at radius 1 is 0.955 bits per heavy atom. The highest BCUT2D eigenvalue weighted by atomic mass is 35.5. The fraction of sp³-hybridized carbons (Fsp3) is 0.333. The molecule has 2 aliphatic heterocycles. The molecule has 1 saturated heterocycles. The zero-order valence-corrected chi connectivity index (χ0v) is 13.1. The lowest BCUT2D eigenvalue weighted by Gasteiger charge is -2.52. The van der Waals surface area contributed by atoms with Gasteiger partial charge in [0.05, 0.1) is 0 Å². The Bertz CT molecular complexity index is 688. The Labute approximate surface area is 135 Å². The Morgan fingerprint density at radius 3 is 2.50 bits per heavy atom. The monoisotopic (exact) mass is 314 g/mol. The molecule has 2 aromatic carbocycles. The maximum Gasteiger partial charge on any atom is 0.184 e. The molecule has 0 aliphatic carbocycles. The Kier molecular flexibility index (Phi) is 3.46. The predicted molar refractivity (Wildman–Crippen MR) is 87.2 cm³/mol. The van der Waals surface area contributed by atoms with Crippen molar-refractivity contribution >= 4 is 11.6 Å². The molecular weight excluding hydrogens is 296 g/mol. The third-order valence-corrected chi connectivity index (χ3v) is 5.00. The van der Waals surface area contributed by atoms with E-state index in [9.17, 15) is 5.11 Å². The van der Waals surface area contributed by atoms with Gasteiger partial charge in [0.15, 0.2) is 5.72 Å². The molecule has 0 aromatic heterocycles. The van der Waals surface area contributed by atoms with Crippen LogP contribution in [0.5, 0.6) is 0 Å². The van der Waals surface area contributed by atoms with E-state index in [2.05, 4.69) is 16.1 Å². The average Bonchev–Trinajstić information content (AvgIpc) is 2.56. The van der Waals surface area contributed by atoms with E-state index in [0.29, 0.717) is 5.02 Å². The summed E-state index contributed by atoms with van der Waals surface area (Å²) >= 11 is 6.03. The van der Waals surface area contributed by atoms with Crippen LogP contribution in [0.15, 0.2) is 48.5 Å². The molecule has 22 heavy (non-hydrogen) atoms. The van der Waals surface area contributed by atoms with Crippen molar-refractivity contribution in [3.63, 3.8) is 0 Å². The van der Waals surface area contributed by atoms with Crippen LogP contribution in [-0.4, -0.2) is 28.2 Å². The van der Waals surface area contributed by atoms with E-state index in [4.69, 9.17) is 11.6 Å². The molecule has 4 rings (SSSR count). The number of hydrogen-bond donors (Lipinski definition) is 1. The predicted octanol–water partition coefficient (Wildman–Crippen LogP) is 3.36. The van der Waals surface area contributed by atoms with Crippen LogP contribution in [0.25, 0.3) is 0 Å². The van der Waals surface area contributed by atoms with E-state index in [1.165, 1.54) is 12.0 Å². The van der Waals surface area contributed by atoms with Crippen molar-refractivity contribution in [2.24, 2.45) is 0 Å². The van der Waals surface area contributed by atoms with E-state index in [0.717, 1.165) is 37.2 Å². The summed E-state index contributed by atoms with van der Waals surface area (Å²) in [4.78, 5) is 0. The summed E-state index contributed by atoms with van der Waals surface area (Å²) in [6.07, 6.45) is 2.28. The van der Waals surface area contributed by atoms with Gasteiger partial charge in [0.2, 0.25) is 0 Å². The highest BCUT2D eigenvalue weighted by Crippen LogP contribution is 2.42. The first-order chi connectivity index (χ1) is 10.7. The van der Waals surface area contributed by atoms with E-state index in [1.54, 1.807) is 0 Å². The third kappa shape index (κ3) is 2.09. The number of hydrogen-bond acceptors (Lipinski definition) is 3. The minimum absolute atomic E-state index is 0.687. The maximum atomic E-state index is 11.7. The lowest BCUT2D eigenvalue weighted by molar-refractivity contribution is -0.224. The lowest BCUT2D eigenvalue weighted by atomic mass is 9.87. The van der Waals surface area contributed by atoms with E-state index < -0.39 is 5.72 Å². The fourth-order valence-electron chi connectivity index (χ4n) is 3.67. The maximum absolute atomic E-state index is 11.7. The topological polar surface area (TPSA) is 26.7 Å². The SMILES string of the molecule is OC1(c2ccc(Cl)cc2)c2ccccc2CN2CCCCN21. The Morgan fingerprint density at radius 2 is 1.68 bits per heavy atom. The number of aliphatic hydroxyl groups is 1. The summed E-state index contributed by atoms with van der Waals surface area (Å²) in [7, 11) is 0. The van der Waals surface area contributed by atoms with Crippen LogP contribution in [0.4, 0.5) is 0 Å². The minimum Gasteiger partial charge on any atom is -0.366 e. The molecule has 0 bridgehead atoms. The average molecular weight is 315 g/mol. The second-order valence-electron chi connectivity index (χ2n) is 6.05. The van der Waals surface area contributed by atoms with Gasteiger partial charge in [0, 0.05) is 35.8 Å². The Balaban J connectivity index is 1.91. The highest BCUT2D eigenvalue weighted by Gasteiger charge is 2.46. The fourth-order valence-corrected chi connectivity index (χ4v) is 3.80. The number of rotatable bonds is 1. The molecule has 0 radical (unpaired) electrons. The first-order valence-electron chi connectivity index (χ1n) is 7.79. The zero-order chi connectivity index (χ0) is 15.2. The van der Waals surface area contributed by atoms with E-state index >= 15 is 0 Å². The molecule has 1 fully saturated rings. The van der Waals surface area contributed by atoms with Crippen LogP contribution in [0, 0.1) is 0 Å². The van der Waals surface area contributed by atoms with Crippen molar-refractivity contribution in [2.75, 3.05) is 13.1 Å². The van der Waals surface area contributed by atoms with Crippen LogP contribution in [0.1, 0.15) is 29.5 Å². The summed E-state index contributed by atoms with van der Waals surface area (Å²) < 4.78 is 0. The van der Waals surface area contributed by atoms with Crippen molar-refractivity contribution in [3.8, 4) is 0 Å². The van der Waals surface area contributed by atoms with Crippen molar-refractivity contribution in [1.82, 2.24) is 10.0 Å². The van der Waals surface area contributed by atoms with E-state index in [-0.39, 0.29) is 0 Å². The van der Waals surface area contributed by atoms with Crippen molar-refractivity contribution in [2.45, 2.75) is 25.1 Å². The van der Waals surface area contributed by atoms with Gasteiger partial charge in [0.25, 0.3) is 0 Å². The van der Waals surface area contributed by atoms with Crippen molar-refractivity contribution < 1.29 is 5.11 Å². The molecule has 0 saturated carbocycles.